The van der Waals surface area contributed by atoms with Crippen LogP contribution in [0.25, 0.3) is 0 Å². The Kier molecular flexibility index (Phi) is 4.77. The number of hydrogen-bond acceptors (Lipinski definition) is 2. The smallest absolute Gasteiger partial charge is 0.447 e. The van der Waals surface area contributed by atoms with E-state index in [-0.39, 0.29) is 29.6 Å². The summed E-state index contributed by atoms with van der Waals surface area (Å²) in [7, 11) is 0. The molecular formula is C17H15F4NaO2. The third kappa shape index (κ3) is 2.80. The van der Waals surface area contributed by atoms with E-state index in [0.29, 0.717) is 37.0 Å². The summed E-state index contributed by atoms with van der Waals surface area (Å²) in [6, 6.07) is 1.28. The Morgan fingerprint density at radius 3 is 1.75 bits per heavy atom. The van der Waals surface area contributed by atoms with Crippen LogP contribution in [-0.4, -0.2) is 5.97 Å². The van der Waals surface area contributed by atoms with Crippen molar-refractivity contribution in [3.8, 4) is 5.75 Å². The van der Waals surface area contributed by atoms with Crippen molar-refractivity contribution >= 4 is 5.97 Å². The minimum atomic E-state index is -1.72. The van der Waals surface area contributed by atoms with Gasteiger partial charge in [-0.25, -0.2) is 8.78 Å². The molecule has 5 rings (SSSR count). The molecule has 0 radical (unpaired) electrons. The van der Waals surface area contributed by atoms with Gasteiger partial charge in [-0.1, -0.05) is 0 Å². The molecule has 124 valence electrons. The molecule has 24 heavy (non-hydrogen) atoms. The molecule has 1 aromatic carbocycles. The molecule has 0 amide bonds. The molecule has 4 bridgehead atoms. The van der Waals surface area contributed by atoms with E-state index in [4.69, 9.17) is 4.74 Å². The molecule has 4 aliphatic rings. The van der Waals surface area contributed by atoms with E-state index in [1.54, 1.807) is 0 Å². The molecule has 0 N–H and O–H groups in total. The fourth-order valence-corrected chi connectivity index (χ4v) is 5.15. The van der Waals surface area contributed by atoms with Gasteiger partial charge in [0.1, 0.15) is 0 Å². The Labute approximate surface area is 159 Å². The molecule has 0 aromatic heterocycles. The maximum Gasteiger partial charge on any atom is 1.00 e. The van der Waals surface area contributed by atoms with Gasteiger partial charge >= 0.3 is 35.5 Å². The predicted octanol–water partition coefficient (Wildman–Crippen LogP) is 1.17. The molecular weight excluding hydrogens is 335 g/mol. The largest absolute Gasteiger partial charge is 1.00 e. The van der Waals surface area contributed by atoms with Crippen molar-refractivity contribution in [3.05, 3.63) is 29.3 Å². The van der Waals surface area contributed by atoms with Crippen LogP contribution in [0.2, 0.25) is 0 Å². The zero-order chi connectivity index (χ0) is 16.4. The Morgan fingerprint density at radius 2 is 1.33 bits per heavy atom. The standard InChI is InChI=1S/C17H15F4O2.Na/c18-11-4-12(19)14(21)15(13(11)20)23-16(22)17-5-8-1-9(6-17)3-10(2-8)7-17;/h8-10H,1-3,5-7H2;/q-1;+1. The van der Waals surface area contributed by atoms with E-state index in [0.717, 1.165) is 19.3 Å². The zero-order valence-electron chi connectivity index (χ0n) is 13.3. The molecule has 4 aliphatic carbocycles. The number of rotatable bonds is 2. The third-order valence-corrected chi connectivity index (χ3v) is 5.67. The van der Waals surface area contributed by atoms with Gasteiger partial charge in [-0.3, -0.25) is 13.6 Å². The van der Waals surface area contributed by atoms with E-state index in [9.17, 15) is 22.4 Å². The first-order chi connectivity index (χ1) is 10.9. The van der Waals surface area contributed by atoms with Gasteiger partial charge in [-0.15, -0.1) is 6.07 Å². The van der Waals surface area contributed by atoms with Gasteiger partial charge < -0.3 is 4.74 Å². The van der Waals surface area contributed by atoms with E-state index in [2.05, 4.69) is 0 Å². The molecule has 1 aromatic rings. The molecule has 2 nitrogen and oxygen atoms in total. The summed E-state index contributed by atoms with van der Waals surface area (Å²) in [5.41, 5.74) is -0.764. The molecule has 0 heterocycles. The molecule has 0 saturated heterocycles. The SMILES string of the molecule is O=C(Oc1c(F)c(F)[c-]c(F)c1F)C12CC3CC(CC(C3)C1)C2.[Na+]. The van der Waals surface area contributed by atoms with E-state index >= 15 is 0 Å². The summed E-state index contributed by atoms with van der Waals surface area (Å²) in [6.07, 6.45) is 5.14. The number of hydrogen-bond donors (Lipinski definition) is 0. The van der Waals surface area contributed by atoms with Crippen LogP contribution >= 0.6 is 0 Å². The van der Waals surface area contributed by atoms with Crippen molar-refractivity contribution in [1.82, 2.24) is 0 Å². The Balaban J connectivity index is 0.00000169. The summed E-state index contributed by atoms with van der Waals surface area (Å²) in [4.78, 5) is 12.6. The number of carbonyl (C=O) groups excluding carboxylic acids is 1. The van der Waals surface area contributed by atoms with Crippen LogP contribution in [0.1, 0.15) is 38.5 Å². The molecule has 0 aliphatic heterocycles. The van der Waals surface area contributed by atoms with Crippen molar-refractivity contribution in [1.29, 1.82) is 0 Å². The van der Waals surface area contributed by atoms with Crippen LogP contribution < -0.4 is 34.3 Å². The first-order valence-corrected chi connectivity index (χ1v) is 7.85. The molecule has 7 heteroatoms. The Bertz CT molecular complexity index is 630. The molecule has 4 saturated carbocycles. The summed E-state index contributed by atoms with van der Waals surface area (Å²) in [5.74, 6) is -7.60. The summed E-state index contributed by atoms with van der Waals surface area (Å²) >= 11 is 0. The van der Waals surface area contributed by atoms with E-state index in [1.165, 1.54) is 6.07 Å². The van der Waals surface area contributed by atoms with E-state index in [1.807, 2.05) is 0 Å². The molecule has 4 fully saturated rings. The number of halogens is 4. The fraction of sp³-hybridized carbons (Fsp3) is 0.588. The fourth-order valence-electron chi connectivity index (χ4n) is 5.15. The molecule has 0 unspecified atom stereocenters. The Morgan fingerprint density at radius 1 is 0.917 bits per heavy atom. The maximum atomic E-state index is 13.7. The third-order valence-electron chi connectivity index (χ3n) is 5.67. The zero-order valence-corrected chi connectivity index (χ0v) is 15.3. The second-order valence-electron chi connectivity index (χ2n) is 7.30. The van der Waals surface area contributed by atoms with Gasteiger partial charge in [0.25, 0.3) is 0 Å². The topological polar surface area (TPSA) is 26.3 Å². The monoisotopic (exact) mass is 350 g/mol. The second kappa shape index (κ2) is 6.29. The molecule has 0 atom stereocenters. The normalized spacial score (nSPS) is 33.2. The summed E-state index contributed by atoms with van der Waals surface area (Å²) < 4.78 is 58.6. The Hall–Kier alpha value is -0.590. The predicted molar refractivity (Wildman–Crippen MR) is 71.4 cm³/mol. The number of esters is 1. The summed E-state index contributed by atoms with van der Waals surface area (Å²) in [6.45, 7) is 0. The van der Waals surface area contributed by atoms with E-state index < -0.39 is 40.4 Å². The van der Waals surface area contributed by atoms with Crippen molar-refractivity contribution in [3.63, 3.8) is 0 Å². The quantitative estimate of drug-likeness (QED) is 0.200. The van der Waals surface area contributed by atoms with Crippen LogP contribution in [0.15, 0.2) is 0 Å². The second-order valence-corrected chi connectivity index (χ2v) is 7.30. The van der Waals surface area contributed by atoms with Gasteiger partial charge in [0.15, 0.2) is 0 Å². The van der Waals surface area contributed by atoms with Crippen molar-refractivity contribution < 1.29 is 56.7 Å². The van der Waals surface area contributed by atoms with Gasteiger partial charge in [-0.2, -0.15) is 0 Å². The number of benzene rings is 1. The van der Waals surface area contributed by atoms with Gasteiger partial charge in [0.2, 0.25) is 0 Å². The van der Waals surface area contributed by atoms with Crippen LogP contribution in [0.4, 0.5) is 17.6 Å². The summed E-state index contributed by atoms with van der Waals surface area (Å²) in [5, 5.41) is 0. The van der Waals surface area contributed by atoms with Crippen molar-refractivity contribution in [2.75, 3.05) is 0 Å². The first kappa shape index (κ1) is 18.2. The number of ether oxygens (including phenoxy) is 1. The van der Waals surface area contributed by atoms with Crippen LogP contribution in [0, 0.1) is 52.5 Å². The van der Waals surface area contributed by atoms with Crippen molar-refractivity contribution in [2.45, 2.75) is 38.5 Å². The average molecular weight is 350 g/mol. The van der Waals surface area contributed by atoms with Gasteiger partial charge in [0.05, 0.1) is 34.4 Å². The minimum absolute atomic E-state index is 0. The maximum absolute atomic E-state index is 13.7. The van der Waals surface area contributed by atoms with Gasteiger partial charge in [-0.05, 0) is 56.3 Å². The average Bonchev–Trinajstić information content (AvgIpc) is 2.48. The van der Waals surface area contributed by atoms with Crippen LogP contribution in [0.5, 0.6) is 5.75 Å². The van der Waals surface area contributed by atoms with Crippen molar-refractivity contribution in [2.24, 2.45) is 23.2 Å². The number of carbonyl (C=O) groups is 1. The molecule has 0 spiro atoms. The first-order valence-electron chi connectivity index (χ1n) is 7.85. The minimum Gasteiger partial charge on any atom is -0.447 e. The van der Waals surface area contributed by atoms with Crippen LogP contribution in [0.3, 0.4) is 0 Å². The van der Waals surface area contributed by atoms with Gasteiger partial charge in [0, 0.05) is 0 Å². The van der Waals surface area contributed by atoms with Crippen LogP contribution in [-0.2, 0) is 4.79 Å².